The number of alkyl carbamates (subject to hydrolysis) is 1. The number of amides is 1. The molecule has 1 N–H and O–H groups in total. The molecular weight excluding hydrogens is 461 g/mol. The maximum absolute atomic E-state index is 14.7. The Kier molecular flexibility index (Phi) is 6.57. The van der Waals surface area contributed by atoms with Crippen LogP contribution < -0.4 is 10.2 Å². The van der Waals surface area contributed by atoms with Gasteiger partial charge in [-0.3, -0.25) is 0 Å². The highest BCUT2D eigenvalue weighted by Crippen LogP contribution is 2.28. The molecule has 11 heteroatoms. The summed E-state index contributed by atoms with van der Waals surface area (Å²) in [6.07, 6.45) is 1.37. The molecule has 1 aliphatic heterocycles. The topological polar surface area (TPSA) is 109 Å². The minimum Gasteiger partial charge on any atom is -0.444 e. The number of aromatic nitrogens is 4. The minimum atomic E-state index is -1.22. The van der Waals surface area contributed by atoms with Gasteiger partial charge in [-0.15, -0.1) is 0 Å². The van der Waals surface area contributed by atoms with Crippen LogP contribution in [0.15, 0.2) is 30.6 Å². The average Bonchev–Trinajstić information content (AvgIpc) is 3.13. The van der Waals surface area contributed by atoms with Crippen LogP contribution in [0.4, 0.5) is 15.1 Å². The van der Waals surface area contributed by atoms with E-state index in [1.165, 1.54) is 12.4 Å². The molecule has 0 radical (unpaired) electrons. The summed E-state index contributed by atoms with van der Waals surface area (Å²) in [4.78, 5) is 27.5. The third-order valence-corrected chi connectivity index (χ3v) is 5.54. The zero-order chi connectivity index (χ0) is 24.5. The highest BCUT2D eigenvalue weighted by Gasteiger charge is 2.34. The van der Waals surface area contributed by atoms with Crippen LogP contribution in [0.25, 0.3) is 11.0 Å². The first-order valence-electron chi connectivity index (χ1n) is 10.9. The van der Waals surface area contributed by atoms with Crippen molar-refractivity contribution in [1.82, 2.24) is 24.8 Å². The zero-order valence-electron chi connectivity index (χ0n) is 19.1. The van der Waals surface area contributed by atoms with Crippen molar-refractivity contribution in [2.45, 2.75) is 51.6 Å². The molecule has 0 saturated carbocycles. The normalized spacial score (nSPS) is 18.5. The number of anilines is 1. The Labute approximate surface area is 201 Å². The number of carbonyl (C=O) groups is 1. The molecule has 0 spiro atoms. The number of nitrogens with zero attached hydrogens (tertiary/aromatic N) is 6. The number of nitrogens with one attached hydrogen (secondary N) is 1. The third-order valence-electron chi connectivity index (χ3n) is 5.34. The Morgan fingerprint density at radius 1 is 1.35 bits per heavy atom. The van der Waals surface area contributed by atoms with Crippen molar-refractivity contribution < 1.29 is 13.9 Å². The molecule has 1 aromatic carbocycles. The molecule has 0 aliphatic carbocycles. The number of hydrogen-bond donors (Lipinski definition) is 1. The lowest BCUT2D eigenvalue weighted by Crippen LogP contribution is -2.55. The van der Waals surface area contributed by atoms with Crippen molar-refractivity contribution in [3.8, 4) is 6.07 Å². The first kappa shape index (κ1) is 23.7. The summed E-state index contributed by atoms with van der Waals surface area (Å²) in [5, 5.41) is 12.4. The number of halogens is 2. The van der Waals surface area contributed by atoms with E-state index < -0.39 is 23.9 Å². The van der Waals surface area contributed by atoms with Crippen LogP contribution >= 0.6 is 11.6 Å². The standard InChI is InChI=1S/C23H25ClFN7O2/c1-23(2,3)34-22(33)30-18-12-31(7-6-16(18)25)21-29-17-8-14(9-26)4-5-19(17)32(21)13-20-27-10-15(24)11-28-20/h4-5,8,10-11,16,18H,6-7,12-13H2,1-3H3,(H,30,33)/t16-,18-/m1/s1. The van der Waals surface area contributed by atoms with Crippen molar-refractivity contribution in [3.05, 3.63) is 47.0 Å². The van der Waals surface area contributed by atoms with Gasteiger partial charge in [0.1, 0.15) is 17.6 Å². The lowest BCUT2D eigenvalue weighted by molar-refractivity contribution is 0.0465. The summed E-state index contributed by atoms with van der Waals surface area (Å²) in [7, 11) is 0. The van der Waals surface area contributed by atoms with Gasteiger partial charge in [0, 0.05) is 25.5 Å². The van der Waals surface area contributed by atoms with Gasteiger partial charge in [-0.05, 0) is 45.4 Å². The van der Waals surface area contributed by atoms with Gasteiger partial charge in [0.05, 0.1) is 40.3 Å². The van der Waals surface area contributed by atoms with E-state index in [1.807, 2.05) is 15.5 Å². The molecule has 1 saturated heterocycles. The molecule has 9 nitrogen and oxygen atoms in total. The lowest BCUT2D eigenvalue weighted by atomic mass is 10.0. The van der Waals surface area contributed by atoms with Gasteiger partial charge in [0.2, 0.25) is 5.95 Å². The molecule has 1 amide bonds. The van der Waals surface area contributed by atoms with E-state index in [0.717, 1.165) is 5.52 Å². The van der Waals surface area contributed by atoms with Gasteiger partial charge in [-0.2, -0.15) is 5.26 Å². The third kappa shape index (κ3) is 5.37. The summed E-state index contributed by atoms with van der Waals surface area (Å²) in [6.45, 7) is 6.17. The second kappa shape index (κ2) is 9.43. The van der Waals surface area contributed by atoms with E-state index in [0.29, 0.717) is 41.0 Å². The van der Waals surface area contributed by atoms with E-state index in [2.05, 4.69) is 21.4 Å². The summed E-state index contributed by atoms with van der Waals surface area (Å²) < 4.78 is 21.9. The molecule has 1 aliphatic rings. The number of hydrogen-bond acceptors (Lipinski definition) is 7. The van der Waals surface area contributed by atoms with Gasteiger partial charge in [0.15, 0.2) is 0 Å². The monoisotopic (exact) mass is 485 g/mol. The summed E-state index contributed by atoms with van der Waals surface area (Å²) in [5.41, 5.74) is 1.21. The van der Waals surface area contributed by atoms with Crippen molar-refractivity contribution in [3.63, 3.8) is 0 Å². The number of alkyl halides is 1. The van der Waals surface area contributed by atoms with E-state index in [1.54, 1.807) is 32.9 Å². The summed E-state index contributed by atoms with van der Waals surface area (Å²) in [6, 6.07) is 6.60. The van der Waals surface area contributed by atoms with Gasteiger partial charge >= 0.3 is 6.09 Å². The van der Waals surface area contributed by atoms with Crippen molar-refractivity contribution >= 4 is 34.7 Å². The fourth-order valence-corrected chi connectivity index (χ4v) is 3.94. The molecule has 0 bridgehead atoms. The van der Waals surface area contributed by atoms with Crippen molar-refractivity contribution in [2.75, 3.05) is 18.0 Å². The van der Waals surface area contributed by atoms with Crippen LogP contribution in [0.3, 0.4) is 0 Å². The fraction of sp³-hybridized carbons (Fsp3) is 0.435. The second-order valence-electron chi connectivity index (χ2n) is 9.13. The molecule has 4 rings (SSSR count). The molecule has 2 aromatic heterocycles. The van der Waals surface area contributed by atoms with E-state index in [9.17, 15) is 14.4 Å². The van der Waals surface area contributed by atoms with Gasteiger partial charge in [-0.25, -0.2) is 24.1 Å². The van der Waals surface area contributed by atoms with Gasteiger partial charge in [-0.1, -0.05) is 11.6 Å². The number of nitriles is 1. The number of piperidine rings is 1. The van der Waals surface area contributed by atoms with Crippen LogP contribution in [0.2, 0.25) is 5.02 Å². The Morgan fingerprint density at radius 2 is 2.09 bits per heavy atom. The predicted octanol–water partition coefficient (Wildman–Crippen LogP) is 3.84. The van der Waals surface area contributed by atoms with E-state index >= 15 is 0 Å². The number of imidazole rings is 1. The molecule has 2 atom stereocenters. The SMILES string of the molecule is CC(C)(C)OC(=O)N[C@@H]1CN(c2nc3cc(C#N)ccc3n2Cc2ncc(Cl)cn2)CC[C@H]1F. The lowest BCUT2D eigenvalue weighted by Gasteiger charge is -2.36. The maximum Gasteiger partial charge on any atom is 0.408 e. The number of benzene rings is 1. The van der Waals surface area contributed by atoms with Crippen LogP contribution in [-0.4, -0.2) is 56.5 Å². The number of carbonyl (C=O) groups excluding carboxylic acids is 1. The highest BCUT2D eigenvalue weighted by atomic mass is 35.5. The van der Waals surface area contributed by atoms with Crippen molar-refractivity contribution in [1.29, 1.82) is 5.26 Å². The average molecular weight is 486 g/mol. The number of rotatable bonds is 4. The molecule has 3 aromatic rings. The number of ether oxygens (including phenoxy) is 1. The Hall–Kier alpha value is -3.45. The first-order valence-corrected chi connectivity index (χ1v) is 11.3. The first-order chi connectivity index (χ1) is 16.1. The Bertz CT molecular complexity index is 1230. The van der Waals surface area contributed by atoms with Crippen LogP contribution in [0.1, 0.15) is 38.6 Å². The van der Waals surface area contributed by atoms with Crippen LogP contribution in [0.5, 0.6) is 0 Å². The highest BCUT2D eigenvalue weighted by molar-refractivity contribution is 6.30. The Balaban J connectivity index is 1.65. The van der Waals surface area contributed by atoms with Gasteiger partial charge in [0.25, 0.3) is 0 Å². The van der Waals surface area contributed by atoms with Gasteiger partial charge < -0.3 is 19.5 Å². The molecule has 0 unspecified atom stereocenters. The predicted molar refractivity (Wildman–Crippen MR) is 125 cm³/mol. The molecule has 34 heavy (non-hydrogen) atoms. The maximum atomic E-state index is 14.7. The zero-order valence-corrected chi connectivity index (χ0v) is 19.9. The number of fused-ring (bicyclic) bond motifs is 1. The van der Waals surface area contributed by atoms with Crippen LogP contribution in [-0.2, 0) is 11.3 Å². The van der Waals surface area contributed by atoms with E-state index in [4.69, 9.17) is 21.3 Å². The smallest absolute Gasteiger partial charge is 0.408 e. The molecule has 1 fully saturated rings. The largest absolute Gasteiger partial charge is 0.444 e. The summed E-state index contributed by atoms with van der Waals surface area (Å²) in [5.74, 6) is 1.10. The summed E-state index contributed by atoms with van der Waals surface area (Å²) >= 11 is 5.92. The minimum absolute atomic E-state index is 0.205. The molecule has 3 heterocycles. The molecule has 178 valence electrons. The fourth-order valence-electron chi connectivity index (χ4n) is 3.85. The second-order valence-corrected chi connectivity index (χ2v) is 9.57. The quantitative estimate of drug-likeness (QED) is 0.597. The van der Waals surface area contributed by atoms with Crippen molar-refractivity contribution in [2.24, 2.45) is 0 Å². The van der Waals surface area contributed by atoms with E-state index in [-0.39, 0.29) is 13.0 Å². The Morgan fingerprint density at radius 3 is 2.76 bits per heavy atom. The van der Waals surface area contributed by atoms with Crippen LogP contribution in [0, 0.1) is 11.3 Å². The molecular formula is C23H25ClFN7O2.